The Bertz CT molecular complexity index is 718. The first kappa shape index (κ1) is 17.8. The molecule has 0 unspecified atom stereocenters. The minimum absolute atomic E-state index is 0.411. The second-order valence-electron chi connectivity index (χ2n) is 5.21. The monoisotopic (exact) mass is 347 g/mol. The summed E-state index contributed by atoms with van der Waals surface area (Å²) < 4.78 is 10.4. The van der Waals surface area contributed by atoms with Gasteiger partial charge in [-0.1, -0.05) is 35.9 Å². The van der Waals surface area contributed by atoms with Crippen LogP contribution in [0.3, 0.4) is 0 Å². The van der Waals surface area contributed by atoms with Crippen LogP contribution in [-0.4, -0.2) is 24.6 Å². The van der Waals surface area contributed by atoms with Crippen molar-refractivity contribution in [1.82, 2.24) is 0 Å². The van der Waals surface area contributed by atoms with Gasteiger partial charge in [-0.3, -0.25) is 4.79 Å². The number of para-hydroxylation sites is 1. The van der Waals surface area contributed by atoms with E-state index in [4.69, 9.17) is 21.1 Å². The average Bonchev–Trinajstić information content (AvgIpc) is 2.56. The summed E-state index contributed by atoms with van der Waals surface area (Å²) in [5.74, 6) is -0.539. The molecule has 2 rings (SSSR count). The Balaban J connectivity index is 1.81. The first-order valence-electron chi connectivity index (χ1n) is 7.40. The van der Waals surface area contributed by atoms with E-state index in [1.165, 1.54) is 0 Å². The summed E-state index contributed by atoms with van der Waals surface area (Å²) in [5, 5.41) is 3.02. The van der Waals surface area contributed by atoms with E-state index in [9.17, 15) is 9.59 Å². The van der Waals surface area contributed by atoms with E-state index >= 15 is 0 Å². The Morgan fingerprint density at radius 3 is 2.54 bits per heavy atom. The van der Waals surface area contributed by atoms with Crippen molar-refractivity contribution in [1.29, 1.82) is 0 Å². The Morgan fingerprint density at radius 2 is 1.88 bits per heavy atom. The summed E-state index contributed by atoms with van der Waals surface area (Å²) in [4.78, 5) is 23.7. The van der Waals surface area contributed by atoms with E-state index in [1.807, 2.05) is 19.1 Å². The van der Waals surface area contributed by atoms with Crippen molar-refractivity contribution in [2.45, 2.75) is 20.0 Å². The summed E-state index contributed by atoms with van der Waals surface area (Å²) in [6, 6.07) is 14.2. The van der Waals surface area contributed by atoms with Crippen LogP contribution in [0.4, 0.5) is 5.69 Å². The van der Waals surface area contributed by atoms with Gasteiger partial charge in [-0.2, -0.15) is 0 Å². The third-order valence-corrected chi connectivity index (χ3v) is 3.44. The van der Waals surface area contributed by atoms with Gasteiger partial charge in [0.15, 0.2) is 12.7 Å². The maximum Gasteiger partial charge on any atom is 0.347 e. The molecule has 1 atom stereocenters. The molecule has 2 aromatic rings. The normalized spacial score (nSPS) is 11.5. The van der Waals surface area contributed by atoms with Crippen molar-refractivity contribution in [3.8, 4) is 5.75 Å². The molecular formula is C18H18ClNO4. The van der Waals surface area contributed by atoms with Crippen LogP contribution in [0.1, 0.15) is 12.5 Å². The lowest BCUT2D eigenvalue weighted by atomic mass is 10.2. The molecule has 1 N–H and O–H groups in total. The lowest BCUT2D eigenvalue weighted by Crippen LogP contribution is -2.29. The van der Waals surface area contributed by atoms with E-state index in [0.29, 0.717) is 16.5 Å². The number of esters is 1. The van der Waals surface area contributed by atoms with Crippen molar-refractivity contribution in [3.05, 3.63) is 59.1 Å². The fourth-order valence-corrected chi connectivity index (χ4v) is 2.20. The van der Waals surface area contributed by atoms with Crippen LogP contribution in [0.5, 0.6) is 5.75 Å². The predicted molar refractivity (Wildman–Crippen MR) is 92.3 cm³/mol. The third-order valence-electron chi connectivity index (χ3n) is 3.13. The van der Waals surface area contributed by atoms with Crippen molar-refractivity contribution < 1.29 is 19.1 Å². The largest absolute Gasteiger partial charge is 0.479 e. The fourth-order valence-electron chi connectivity index (χ4n) is 1.91. The summed E-state index contributed by atoms with van der Waals surface area (Å²) in [6.07, 6.45) is -0.817. The molecule has 0 aliphatic rings. The van der Waals surface area contributed by atoms with Gasteiger partial charge in [0.25, 0.3) is 5.91 Å². The summed E-state index contributed by atoms with van der Waals surface area (Å²) in [7, 11) is 0. The van der Waals surface area contributed by atoms with E-state index in [2.05, 4.69) is 5.32 Å². The highest BCUT2D eigenvalue weighted by molar-refractivity contribution is 6.33. The molecule has 0 saturated heterocycles. The molecule has 1 amide bonds. The van der Waals surface area contributed by atoms with Gasteiger partial charge >= 0.3 is 5.97 Å². The fraction of sp³-hybridized carbons (Fsp3) is 0.222. The Kier molecular flexibility index (Phi) is 6.21. The standard InChI is InChI=1S/C18H18ClNO4/c1-12-8-9-16(15(19)10-12)20-17(21)11-23-18(22)13(2)24-14-6-4-3-5-7-14/h3-10,13H,11H2,1-2H3,(H,20,21)/t13-/m1/s1. The van der Waals surface area contributed by atoms with Crippen molar-refractivity contribution >= 4 is 29.2 Å². The molecule has 0 spiro atoms. The molecule has 0 fully saturated rings. The topological polar surface area (TPSA) is 64.6 Å². The lowest BCUT2D eigenvalue weighted by Gasteiger charge is -2.14. The van der Waals surface area contributed by atoms with Gasteiger partial charge in [-0.15, -0.1) is 0 Å². The van der Waals surface area contributed by atoms with Crippen LogP contribution in [0.15, 0.2) is 48.5 Å². The number of aryl methyl sites for hydroxylation is 1. The average molecular weight is 348 g/mol. The van der Waals surface area contributed by atoms with Crippen molar-refractivity contribution in [3.63, 3.8) is 0 Å². The second kappa shape index (κ2) is 8.36. The molecule has 2 aromatic carbocycles. The number of hydrogen-bond acceptors (Lipinski definition) is 4. The molecule has 5 nitrogen and oxygen atoms in total. The molecule has 0 aliphatic heterocycles. The Labute approximate surface area is 145 Å². The van der Waals surface area contributed by atoms with Gasteiger partial charge < -0.3 is 14.8 Å². The number of amides is 1. The number of hydrogen-bond donors (Lipinski definition) is 1. The molecule has 6 heteroatoms. The highest BCUT2D eigenvalue weighted by Gasteiger charge is 2.18. The molecule has 126 valence electrons. The third kappa shape index (κ3) is 5.28. The molecule has 0 aliphatic carbocycles. The predicted octanol–water partition coefficient (Wildman–Crippen LogP) is 3.60. The van der Waals surface area contributed by atoms with Crippen LogP contribution in [-0.2, 0) is 14.3 Å². The number of ether oxygens (including phenoxy) is 2. The van der Waals surface area contributed by atoms with E-state index in [0.717, 1.165) is 5.56 Å². The number of benzene rings is 2. The number of rotatable bonds is 6. The van der Waals surface area contributed by atoms with E-state index in [-0.39, 0.29) is 0 Å². The number of carbonyl (C=O) groups excluding carboxylic acids is 2. The van der Waals surface area contributed by atoms with Gasteiger partial charge in [0.05, 0.1) is 10.7 Å². The Hall–Kier alpha value is -2.53. The molecule has 24 heavy (non-hydrogen) atoms. The summed E-state index contributed by atoms with van der Waals surface area (Å²) in [5.41, 5.74) is 1.45. The molecule has 0 saturated carbocycles. The van der Waals surface area contributed by atoms with Crippen LogP contribution >= 0.6 is 11.6 Å². The van der Waals surface area contributed by atoms with Gasteiger partial charge in [-0.25, -0.2) is 4.79 Å². The van der Waals surface area contributed by atoms with Crippen LogP contribution < -0.4 is 10.1 Å². The van der Waals surface area contributed by atoms with Gasteiger partial charge in [0.2, 0.25) is 0 Å². The van der Waals surface area contributed by atoms with Gasteiger partial charge in [-0.05, 0) is 43.7 Å². The molecule has 0 bridgehead atoms. The van der Waals surface area contributed by atoms with Crippen LogP contribution in [0.25, 0.3) is 0 Å². The summed E-state index contributed by atoms with van der Waals surface area (Å²) >= 11 is 6.03. The zero-order valence-electron chi connectivity index (χ0n) is 13.4. The second-order valence-corrected chi connectivity index (χ2v) is 5.62. The first-order valence-corrected chi connectivity index (χ1v) is 7.78. The maximum atomic E-state index is 11.9. The molecule has 0 radical (unpaired) electrons. The lowest BCUT2D eigenvalue weighted by molar-refractivity contribution is -0.153. The zero-order chi connectivity index (χ0) is 17.5. The SMILES string of the molecule is Cc1ccc(NC(=O)COC(=O)[C@@H](C)Oc2ccccc2)c(Cl)c1. The van der Waals surface area contributed by atoms with Crippen molar-refractivity contribution in [2.24, 2.45) is 0 Å². The maximum absolute atomic E-state index is 11.9. The van der Waals surface area contributed by atoms with Crippen LogP contribution in [0, 0.1) is 6.92 Å². The highest BCUT2D eigenvalue weighted by atomic mass is 35.5. The first-order chi connectivity index (χ1) is 11.5. The zero-order valence-corrected chi connectivity index (χ0v) is 14.2. The Morgan fingerprint density at radius 1 is 1.17 bits per heavy atom. The van der Waals surface area contributed by atoms with Gasteiger partial charge in [0, 0.05) is 0 Å². The van der Waals surface area contributed by atoms with E-state index < -0.39 is 24.6 Å². The number of anilines is 1. The molecule has 0 aromatic heterocycles. The highest BCUT2D eigenvalue weighted by Crippen LogP contribution is 2.22. The van der Waals surface area contributed by atoms with Crippen molar-refractivity contribution in [2.75, 3.05) is 11.9 Å². The summed E-state index contributed by atoms with van der Waals surface area (Å²) in [6.45, 7) is 3.04. The quantitative estimate of drug-likeness (QED) is 0.811. The van der Waals surface area contributed by atoms with E-state index in [1.54, 1.807) is 43.3 Å². The minimum atomic E-state index is -0.817. The molecular weight excluding hydrogens is 330 g/mol. The smallest absolute Gasteiger partial charge is 0.347 e. The van der Waals surface area contributed by atoms with Crippen LogP contribution in [0.2, 0.25) is 5.02 Å². The molecule has 0 heterocycles. The number of nitrogens with one attached hydrogen (secondary N) is 1. The van der Waals surface area contributed by atoms with Gasteiger partial charge in [0.1, 0.15) is 5.75 Å². The number of carbonyl (C=O) groups is 2. The minimum Gasteiger partial charge on any atom is -0.479 e. The number of halogens is 1.